The van der Waals surface area contributed by atoms with Gasteiger partial charge in [0.05, 0.1) is 0 Å². The normalized spacial score (nSPS) is 20.6. The van der Waals surface area contributed by atoms with E-state index in [4.69, 9.17) is 0 Å². The van der Waals surface area contributed by atoms with Crippen LogP contribution in [-0.2, 0) is 0 Å². The SMILES string of the molecule is Cl.c1cc(C2CCCNC2)c2cc[nH]c2c1. The molecule has 1 fully saturated rings. The Morgan fingerprint density at radius 1 is 1.19 bits per heavy atom. The zero-order valence-corrected chi connectivity index (χ0v) is 10.0. The molecule has 1 unspecified atom stereocenters. The largest absolute Gasteiger partial charge is 0.361 e. The third kappa shape index (κ3) is 1.95. The Hall–Kier alpha value is -0.990. The lowest BCUT2D eigenvalue weighted by Crippen LogP contribution is -2.28. The van der Waals surface area contributed by atoms with Gasteiger partial charge in [-0.15, -0.1) is 12.4 Å². The molecule has 16 heavy (non-hydrogen) atoms. The first-order chi connectivity index (χ1) is 7.45. The maximum absolute atomic E-state index is 3.48. The molecule has 0 bridgehead atoms. The van der Waals surface area contributed by atoms with Crippen LogP contribution in [-0.4, -0.2) is 18.1 Å². The number of aromatic amines is 1. The molecule has 3 rings (SSSR count). The summed E-state index contributed by atoms with van der Waals surface area (Å²) in [7, 11) is 0. The van der Waals surface area contributed by atoms with Crippen LogP contribution in [0.25, 0.3) is 10.9 Å². The summed E-state index contributed by atoms with van der Waals surface area (Å²) in [6.45, 7) is 2.31. The average Bonchev–Trinajstić information content (AvgIpc) is 2.78. The minimum absolute atomic E-state index is 0. The first-order valence-electron chi connectivity index (χ1n) is 5.72. The van der Waals surface area contributed by atoms with Crippen molar-refractivity contribution in [2.45, 2.75) is 18.8 Å². The minimum Gasteiger partial charge on any atom is -0.361 e. The number of fused-ring (bicyclic) bond motifs is 1. The molecule has 1 saturated heterocycles. The van der Waals surface area contributed by atoms with Crippen LogP contribution in [0, 0.1) is 0 Å². The number of halogens is 1. The van der Waals surface area contributed by atoms with Crippen LogP contribution in [0.1, 0.15) is 24.3 Å². The zero-order valence-electron chi connectivity index (χ0n) is 9.20. The van der Waals surface area contributed by atoms with Crippen molar-refractivity contribution in [3.05, 3.63) is 36.0 Å². The van der Waals surface area contributed by atoms with Gasteiger partial charge in [0.15, 0.2) is 0 Å². The van der Waals surface area contributed by atoms with Gasteiger partial charge in [0, 0.05) is 23.6 Å². The summed E-state index contributed by atoms with van der Waals surface area (Å²) in [5.41, 5.74) is 2.76. The van der Waals surface area contributed by atoms with Gasteiger partial charge in [-0.3, -0.25) is 0 Å². The summed E-state index contributed by atoms with van der Waals surface area (Å²) in [5.74, 6) is 0.693. The van der Waals surface area contributed by atoms with Gasteiger partial charge in [0.25, 0.3) is 0 Å². The third-order valence-corrected chi connectivity index (χ3v) is 3.37. The molecule has 86 valence electrons. The van der Waals surface area contributed by atoms with E-state index in [1.54, 1.807) is 0 Å². The summed E-state index contributed by atoms with van der Waals surface area (Å²) < 4.78 is 0. The second kappa shape index (κ2) is 4.89. The Morgan fingerprint density at radius 3 is 2.94 bits per heavy atom. The Morgan fingerprint density at radius 2 is 2.12 bits per heavy atom. The molecular formula is C13H17ClN2. The number of hydrogen-bond acceptors (Lipinski definition) is 1. The molecule has 2 N–H and O–H groups in total. The highest BCUT2D eigenvalue weighted by Gasteiger charge is 2.16. The first-order valence-corrected chi connectivity index (χ1v) is 5.72. The monoisotopic (exact) mass is 236 g/mol. The lowest BCUT2D eigenvalue weighted by Gasteiger charge is -2.23. The van der Waals surface area contributed by atoms with Gasteiger partial charge in [-0.05, 0) is 43.0 Å². The Kier molecular flexibility index (Phi) is 3.52. The number of benzene rings is 1. The molecule has 0 saturated carbocycles. The van der Waals surface area contributed by atoms with Crippen molar-refractivity contribution in [3.63, 3.8) is 0 Å². The topological polar surface area (TPSA) is 27.8 Å². The molecule has 1 aromatic carbocycles. The van der Waals surface area contributed by atoms with Gasteiger partial charge in [-0.25, -0.2) is 0 Å². The minimum atomic E-state index is 0. The van der Waals surface area contributed by atoms with E-state index in [2.05, 4.69) is 34.6 Å². The van der Waals surface area contributed by atoms with Crippen LogP contribution in [0.3, 0.4) is 0 Å². The van der Waals surface area contributed by atoms with Crippen LogP contribution in [0.2, 0.25) is 0 Å². The number of piperidine rings is 1. The number of aromatic nitrogens is 1. The molecular weight excluding hydrogens is 220 g/mol. The average molecular weight is 237 g/mol. The third-order valence-electron chi connectivity index (χ3n) is 3.37. The molecule has 1 aliphatic heterocycles. The Balaban J connectivity index is 0.000000963. The molecule has 3 heteroatoms. The van der Waals surface area contributed by atoms with E-state index in [0.717, 1.165) is 6.54 Å². The van der Waals surface area contributed by atoms with Gasteiger partial charge in [-0.1, -0.05) is 12.1 Å². The predicted molar refractivity (Wildman–Crippen MR) is 70.4 cm³/mol. The molecule has 1 aliphatic rings. The van der Waals surface area contributed by atoms with E-state index < -0.39 is 0 Å². The van der Waals surface area contributed by atoms with Gasteiger partial charge in [0.2, 0.25) is 0 Å². The van der Waals surface area contributed by atoms with Crippen LogP contribution in [0.15, 0.2) is 30.5 Å². The summed E-state index contributed by atoms with van der Waals surface area (Å²) in [5, 5.41) is 4.87. The van der Waals surface area contributed by atoms with Crippen molar-refractivity contribution in [1.29, 1.82) is 0 Å². The van der Waals surface area contributed by atoms with Crippen molar-refractivity contribution in [1.82, 2.24) is 10.3 Å². The number of hydrogen-bond donors (Lipinski definition) is 2. The summed E-state index contributed by atoms with van der Waals surface area (Å²) in [4.78, 5) is 3.28. The van der Waals surface area contributed by atoms with Crippen LogP contribution in [0.4, 0.5) is 0 Å². The summed E-state index contributed by atoms with van der Waals surface area (Å²) >= 11 is 0. The molecule has 2 heterocycles. The highest BCUT2D eigenvalue weighted by molar-refractivity contribution is 5.85. The first kappa shape index (κ1) is 11.5. The Bertz CT molecular complexity index is 458. The van der Waals surface area contributed by atoms with E-state index >= 15 is 0 Å². The van der Waals surface area contributed by atoms with E-state index in [0.29, 0.717) is 5.92 Å². The lowest BCUT2D eigenvalue weighted by atomic mass is 9.89. The molecule has 0 aliphatic carbocycles. The molecule has 2 nitrogen and oxygen atoms in total. The molecule has 1 aromatic heterocycles. The quantitative estimate of drug-likeness (QED) is 0.783. The van der Waals surface area contributed by atoms with Crippen LogP contribution < -0.4 is 5.32 Å². The Labute approximate surface area is 102 Å². The molecule has 0 radical (unpaired) electrons. The second-order valence-electron chi connectivity index (χ2n) is 4.33. The zero-order chi connectivity index (χ0) is 10.1. The fourth-order valence-electron chi connectivity index (χ4n) is 2.58. The molecule has 2 aromatic rings. The van der Waals surface area contributed by atoms with Gasteiger partial charge in [0.1, 0.15) is 0 Å². The van der Waals surface area contributed by atoms with Crippen LogP contribution in [0.5, 0.6) is 0 Å². The maximum Gasteiger partial charge on any atom is 0.0456 e. The summed E-state index contributed by atoms with van der Waals surface area (Å²) in [6.07, 6.45) is 4.65. The van der Waals surface area contributed by atoms with E-state index in [1.165, 1.54) is 35.9 Å². The fourth-order valence-corrected chi connectivity index (χ4v) is 2.58. The summed E-state index contributed by atoms with van der Waals surface area (Å²) in [6, 6.07) is 8.77. The molecule has 1 atom stereocenters. The van der Waals surface area contributed by atoms with E-state index in [1.807, 2.05) is 6.20 Å². The highest BCUT2D eigenvalue weighted by atomic mass is 35.5. The standard InChI is InChI=1S/C13H16N2.ClH/c1-4-11(10-3-2-7-14-9-10)12-6-8-15-13(12)5-1;/h1,4-6,8,10,14-15H,2-3,7,9H2;1H. The van der Waals surface area contributed by atoms with Crippen molar-refractivity contribution < 1.29 is 0 Å². The van der Waals surface area contributed by atoms with Gasteiger partial charge >= 0.3 is 0 Å². The highest BCUT2D eigenvalue weighted by Crippen LogP contribution is 2.29. The molecule has 0 amide bonds. The number of H-pyrrole nitrogens is 1. The van der Waals surface area contributed by atoms with Gasteiger partial charge < -0.3 is 10.3 Å². The van der Waals surface area contributed by atoms with Crippen LogP contribution >= 0.6 is 12.4 Å². The van der Waals surface area contributed by atoms with Crippen molar-refractivity contribution in [3.8, 4) is 0 Å². The number of nitrogens with one attached hydrogen (secondary N) is 2. The number of rotatable bonds is 1. The molecule has 0 spiro atoms. The fraction of sp³-hybridized carbons (Fsp3) is 0.385. The van der Waals surface area contributed by atoms with E-state index in [9.17, 15) is 0 Å². The predicted octanol–water partition coefficient (Wildman–Crippen LogP) is 3.06. The second-order valence-corrected chi connectivity index (χ2v) is 4.33. The smallest absolute Gasteiger partial charge is 0.0456 e. The van der Waals surface area contributed by atoms with E-state index in [-0.39, 0.29) is 12.4 Å². The lowest BCUT2D eigenvalue weighted by molar-refractivity contribution is 0.463. The van der Waals surface area contributed by atoms with Crippen molar-refractivity contribution in [2.75, 3.05) is 13.1 Å². The van der Waals surface area contributed by atoms with Gasteiger partial charge in [-0.2, -0.15) is 0 Å². The maximum atomic E-state index is 3.48. The van der Waals surface area contributed by atoms with Crippen molar-refractivity contribution in [2.24, 2.45) is 0 Å². The van der Waals surface area contributed by atoms with Crippen molar-refractivity contribution >= 4 is 23.3 Å².